The molecule has 5 rings (SSSR count). The van der Waals surface area contributed by atoms with Gasteiger partial charge in [-0.1, -0.05) is 35.1 Å². The minimum Gasteiger partial charge on any atom is -0.507 e. The minimum atomic E-state index is -1.02. The molecular formula is C26H21ClN2O7S. The lowest BCUT2D eigenvalue weighted by Gasteiger charge is -2.23. The van der Waals surface area contributed by atoms with E-state index in [9.17, 15) is 19.5 Å². The molecule has 1 saturated heterocycles. The molecule has 11 heteroatoms. The van der Waals surface area contributed by atoms with Crippen molar-refractivity contribution in [3.63, 3.8) is 0 Å². The number of ether oxygens (including phenoxy) is 3. The highest BCUT2D eigenvalue weighted by Crippen LogP contribution is 2.45. The van der Waals surface area contributed by atoms with Crippen molar-refractivity contribution in [1.29, 1.82) is 0 Å². The van der Waals surface area contributed by atoms with E-state index in [-0.39, 0.29) is 33.5 Å². The number of Topliss-reactive ketones (excluding diaryl/α,β-unsaturated/α-hetero) is 1. The van der Waals surface area contributed by atoms with Crippen LogP contribution in [0.5, 0.6) is 11.5 Å². The Morgan fingerprint density at radius 1 is 1.16 bits per heavy atom. The van der Waals surface area contributed by atoms with E-state index in [1.165, 1.54) is 4.90 Å². The van der Waals surface area contributed by atoms with E-state index in [2.05, 4.69) is 4.98 Å². The van der Waals surface area contributed by atoms with Crippen LogP contribution in [0.2, 0.25) is 5.02 Å². The number of anilines is 1. The SMILES string of the molecule is CCOC(=O)c1sc(N2C(=O)C(=O)/C(=C(/O)c3ccc4c(c3)OCCO4)C2c2ccc(Cl)cc2)nc1C. The van der Waals surface area contributed by atoms with Crippen molar-refractivity contribution in [3.8, 4) is 11.5 Å². The van der Waals surface area contributed by atoms with Gasteiger partial charge < -0.3 is 19.3 Å². The maximum absolute atomic E-state index is 13.4. The van der Waals surface area contributed by atoms with Crippen LogP contribution in [0.15, 0.2) is 48.0 Å². The van der Waals surface area contributed by atoms with Crippen molar-refractivity contribution in [3.05, 3.63) is 74.8 Å². The monoisotopic (exact) mass is 540 g/mol. The highest BCUT2D eigenvalue weighted by atomic mass is 35.5. The largest absolute Gasteiger partial charge is 0.507 e. The molecule has 1 unspecified atom stereocenters. The Bertz CT molecular complexity index is 1450. The van der Waals surface area contributed by atoms with Crippen LogP contribution in [0.25, 0.3) is 5.76 Å². The number of rotatable bonds is 5. The number of thiazole rings is 1. The van der Waals surface area contributed by atoms with Gasteiger partial charge >= 0.3 is 11.9 Å². The molecule has 3 aromatic rings. The molecule has 2 aromatic carbocycles. The van der Waals surface area contributed by atoms with Crippen LogP contribution in [-0.2, 0) is 14.3 Å². The number of amides is 1. The quantitative estimate of drug-likeness (QED) is 0.215. The van der Waals surface area contributed by atoms with Crippen molar-refractivity contribution in [1.82, 2.24) is 4.98 Å². The van der Waals surface area contributed by atoms with Crippen molar-refractivity contribution in [2.24, 2.45) is 0 Å². The molecule has 1 N–H and O–H groups in total. The summed E-state index contributed by atoms with van der Waals surface area (Å²) in [7, 11) is 0. The van der Waals surface area contributed by atoms with Gasteiger partial charge in [-0.25, -0.2) is 9.78 Å². The molecule has 1 aromatic heterocycles. The minimum absolute atomic E-state index is 0.129. The lowest BCUT2D eigenvalue weighted by Crippen LogP contribution is -2.29. The molecule has 3 heterocycles. The number of aliphatic hydroxyl groups excluding tert-OH is 1. The van der Waals surface area contributed by atoms with Gasteiger partial charge in [0.2, 0.25) is 0 Å². The van der Waals surface area contributed by atoms with Crippen molar-refractivity contribution in [2.45, 2.75) is 19.9 Å². The number of aryl methyl sites for hydroxylation is 1. The number of carbonyl (C=O) groups excluding carboxylic acids is 3. The van der Waals surface area contributed by atoms with Gasteiger partial charge in [0.25, 0.3) is 5.78 Å². The third kappa shape index (κ3) is 4.42. The Morgan fingerprint density at radius 2 is 1.86 bits per heavy atom. The summed E-state index contributed by atoms with van der Waals surface area (Å²) in [6, 6.07) is 10.3. The molecule has 1 amide bonds. The number of hydrogen-bond donors (Lipinski definition) is 1. The van der Waals surface area contributed by atoms with Gasteiger partial charge in [0.15, 0.2) is 16.6 Å². The van der Waals surface area contributed by atoms with Gasteiger partial charge in [-0.2, -0.15) is 0 Å². The number of fused-ring (bicyclic) bond motifs is 1. The fourth-order valence-corrected chi connectivity index (χ4v) is 5.32. The summed E-state index contributed by atoms with van der Waals surface area (Å²) < 4.78 is 16.2. The van der Waals surface area contributed by atoms with Crippen LogP contribution in [-0.4, -0.2) is 47.6 Å². The molecule has 1 fully saturated rings. The van der Waals surface area contributed by atoms with E-state index in [0.717, 1.165) is 11.3 Å². The first-order chi connectivity index (χ1) is 17.8. The number of aliphatic hydroxyl groups is 1. The van der Waals surface area contributed by atoms with Crippen LogP contribution >= 0.6 is 22.9 Å². The van der Waals surface area contributed by atoms with E-state index in [4.69, 9.17) is 25.8 Å². The second-order valence-electron chi connectivity index (χ2n) is 8.21. The maximum atomic E-state index is 13.4. The fraction of sp³-hybridized carbons (Fsp3) is 0.231. The zero-order valence-electron chi connectivity index (χ0n) is 19.8. The Labute approximate surface area is 220 Å². The molecule has 0 spiro atoms. The lowest BCUT2D eigenvalue weighted by atomic mass is 9.95. The van der Waals surface area contributed by atoms with E-state index < -0.39 is 23.7 Å². The first kappa shape index (κ1) is 24.8. The van der Waals surface area contributed by atoms with Gasteiger partial charge in [0.05, 0.1) is 23.9 Å². The van der Waals surface area contributed by atoms with Crippen molar-refractivity contribution < 1.29 is 33.7 Å². The Kier molecular flexibility index (Phi) is 6.61. The summed E-state index contributed by atoms with van der Waals surface area (Å²) in [5, 5.41) is 11.9. The maximum Gasteiger partial charge on any atom is 0.350 e. The number of esters is 1. The van der Waals surface area contributed by atoms with Crippen LogP contribution < -0.4 is 14.4 Å². The molecule has 0 saturated carbocycles. The number of nitrogens with zero attached hydrogens (tertiary/aromatic N) is 2. The summed E-state index contributed by atoms with van der Waals surface area (Å²) in [4.78, 5) is 44.9. The van der Waals surface area contributed by atoms with Crippen LogP contribution in [0, 0.1) is 6.92 Å². The Hall–Kier alpha value is -3.89. The van der Waals surface area contributed by atoms with Gasteiger partial charge in [0, 0.05) is 10.6 Å². The number of carbonyl (C=O) groups is 3. The highest BCUT2D eigenvalue weighted by molar-refractivity contribution is 7.17. The predicted molar refractivity (Wildman–Crippen MR) is 136 cm³/mol. The molecule has 0 aliphatic carbocycles. The second kappa shape index (κ2) is 9.87. The zero-order valence-corrected chi connectivity index (χ0v) is 21.4. The molecule has 2 aliphatic heterocycles. The van der Waals surface area contributed by atoms with Gasteiger partial charge in [0.1, 0.15) is 23.9 Å². The first-order valence-electron chi connectivity index (χ1n) is 11.4. The van der Waals surface area contributed by atoms with Gasteiger partial charge in [-0.05, 0) is 49.7 Å². The Morgan fingerprint density at radius 3 is 2.57 bits per heavy atom. The van der Waals surface area contributed by atoms with E-state index >= 15 is 0 Å². The molecule has 2 aliphatic rings. The summed E-state index contributed by atoms with van der Waals surface area (Å²) in [5.74, 6) is -1.79. The van der Waals surface area contributed by atoms with Crippen LogP contribution in [0.4, 0.5) is 5.13 Å². The van der Waals surface area contributed by atoms with E-state index in [1.54, 1.807) is 56.3 Å². The average Bonchev–Trinajstić information content (AvgIpc) is 3.40. The number of ketones is 1. The number of halogens is 1. The zero-order chi connectivity index (χ0) is 26.3. The van der Waals surface area contributed by atoms with E-state index in [0.29, 0.717) is 41.0 Å². The molecule has 9 nitrogen and oxygen atoms in total. The number of benzene rings is 2. The third-order valence-corrected chi connectivity index (χ3v) is 7.29. The van der Waals surface area contributed by atoms with Crippen LogP contribution in [0.3, 0.4) is 0 Å². The number of hydrogen-bond acceptors (Lipinski definition) is 9. The standard InChI is InChI=1S/C26H21ClN2O7S/c1-3-34-25(33)23-13(2)28-26(37-23)29-20(14-4-7-16(27)8-5-14)19(22(31)24(29)32)21(30)15-6-9-17-18(12-15)36-11-10-35-17/h4-9,12,20,30H,3,10-11H2,1-2H3/b21-19+. The second-order valence-corrected chi connectivity index (χ2v) is 9.62. The topological polar surface area (TPSA) is 115 Å². The van der Waals surface area contributed by atoms with Crippen molar-refractivity contribution >= 4 is 51.5 Å². The summed E-state index contributed by atoms with van der Waals surface area (Å²) in [6.45, 7) is 4.23. The fourth-order valence-electron chi connectivity index (χ4n) is 4.21. The molecular weight excluding hydrogens is 520 g/mol. The van der Waals surface area contributed by atoms with Crippen LogP contribution in [0.1, 0.15) is 39.5 Å². The summed E-state index contributed by atoms with van der Waals surface area (Å²) >= 11 is 7.02. The van der Waals surface area contributed by atoms with Gasteiger partial charge in [-0.15, -0.1) is 0 Å². The molecule has 37 heavy (non-hydrogen) atoms. The van der Waals surface area contributed by atoms with E-state index in [1.807, 2.05) is 0 Å². The molecule has 1 atom stereocenters. The predicted octanol–water partition coefficient (Wildman–Crippen LogP) is 4.68. The Balaban J connectivity index is 1.66. The summed E-state index contributed by atoms with van der Waals surface area (Å²) in [5.41, 5.74) is 1.04. The normalized spacial score (nSPS) is 18.2. The first-order valence-corrected chi connectivity index (χ1v) is 12.6. The highest BCUT2D eigenvalue weighted by Gasteiger charge is 2.48. The lowest BCUT2D eigenvalue weighted by molar-refractivity contribution is -0.132. The number of aromatic nitrogens is 1. The van der Waals surface area contributed by atoms with Crippen molar-refractivity contribution in [2.75, 3.05) is 24.7 Å². The molecule has 190 valence electrons. The van der Waals surface area contributed by atoms with Gasteiger partial charge in [-0.3, -0.25) is 14.5 Å². The third-order valence-electron chi connectivity index (χ3n) is 5.90. The smallest absolute Gasteiger partial charge is 0.350 e. The molecule has 0 radical (unpaired) electrons. The average molecular weight is 541 g/mol. The molecule has 0 bridgehead atoms. The summed E-state index contributed by atoms with van der Waals surface area (Å²) in [6.07, 6.45) is 0.